The third-order valence-corrected chi connectivity index (χ3v) is 5.61. The summed E-state index contributed by atoms with van der Waals surface area (Å²) in [6.07, 6.45) is 15.3. The fourth-order valence-electron chi connectivity index (χ4n) is 4.27. The van der Waals surface area contributed by atoms with Crippen molar-refractivity contribution in [1.82, 2.24) is 24.6 Å². The zero-order chi connectivity index (χ0) is 17.1. The number of carbonyl (C=O) groups is 1. The average Bonchev–Trinajstić information content (AvgIpc) is 3.34. The number of likely N-dealkylation sites (tertiary alicyclic amines) is 1. The molecular weight excluding hydrogens is 314 g/mol. The monoisotopic (exact) mass is 339 g/mol. The Kier molecular flexibility index (Phi) is 4.76. The topological polar surface area (TPSA) is 63.9 Å². The van der Waals surface area contributed by atoms with Crippen LogP contribution in [0.1, 0.15) is 61.9 Å². The van der Waals surface area contributed by atoms with Crippen LogP contribution in [0.4, 0.5) is 0 Å². The van der Waals surface area contributed by atoms with Crippen molar-refractivity contribution in [3.63, 3.8) is 0 Å². The zero-order valence-electron chi connectivity index (χ0n) is 14.5. The van der Waals surface area contributed by atoms with Gasteiger partial charge < -0.3 is 4.90 Å². The Labute approximate surface area is 148 Å². The largest absolute Gasteiger partial charge is 0.334 e. The molecule has 4 rings (SSSR count). The van der Waals surface area contributed by atoms with Gasteiger partial charge in [-0.15, -0.1) is 10.2 Å². The number of hydrogen-bond donors (Lipinski definition) is 0. The Hall–Kier alpha value is -2.24. The van der Waals surface area contributed by atoms with Gasteiger partial charge in [0.15, 0.2) is 11.5 Å². The number of aromatic nitrogens is 4. The van der Waals surface area contributed by atoms with Gasteiger partial charge >= 0.3 is 0 Å². The third kappa shape index (κ3) is 3.57. The second kappa shape index (κ2) is 7.33. The molecule has 0 unspecified atom stereocenters. The lowest BCUT2D eigenvalue weighted by Gasteiger charge is -2.30. The lowest BCUT2D eigenvalue weighted by Crippen LogP contribution is -2.37. The van der Waals surface area contributed by atoms with Crippen LogP contribution in [0.3, 0.4) is 0 Å². The van der Waals surface area contributed by atoms with E-state index >= 15 is 0 Å². The minimum absolute atomic E-state index is 0.0305. The van der Waals surface area contributed by atoms with Gasteiger partial charge in [0.25, 0.3) is 5.91 Å². The van der Waals surface area contributed by atoms with Gasteiger partial charge in [-0.1, -0.05) is 32.1 Å². The van der Waals surface area contributed by atoms with Crippen molar-refractivity contribution in [2.75, 3.05) is 6.54 Å². The fourth-order valence-corrected chi connectivity index (χ4v) is 4.27. The van der Waals surface area contributed by atoms with Gasteiger partial charge in [-0.05, 0) is 37.3 Å². The van der Waals surface area contributed by atoms with Gasteiger partial charge in [0.2, 0.25) is 0 Å². The van der Waals surface area contributed by atoms with Gasteiger partial charge in [-0.25, -0.2) is 4.98 Å². The molecule has 2 aliphatic rings. The van der Waals surface area contributed by atoms with Crippen LogP contribution in [0.5, 0.6) is 0 Å². The summed E-state index contributed by atoms with van der Waals surface area (Å²) in [5, 5.41) is 8.35. The Morgan fingerprint density at radius 1 is 1.08 bits per heavy atom. The van der Waals surface area contributed by atoms with Crippen LogP contribution in [0, 0.1) is 5.92 Å². The van der Waals surface area contributed by atoms with E-state index < -0.39 is 0 Å². The van der Waals surface area contributed by atoms with E-state index in [1.165, 1.54) is 32.1 Å². The molecule has 2 aromatic heterocycles. The van der Waals surface area contributed by atoms with Gasteiger partial charge in [0, 0.05) is 25.0 Å². The summed E-state index contributed by atoms with van der Waals surface area (Å²) in [4.78, 5) is 18.9. The van der Waals surface area contributed by atoms with Gasteiger partial charge in [0.05, 0.1) is 0 Å². The first-order valence-corrected chi connectivity index (χ1v) is 9.44. The standard InChI is InChI=1S/C19H25N5O/c25-19(17-8-9-18(22-21-17)23-12-10-20-14-23)24-11-4-7-16(24)13-15-5-2-1-3-6-15/h8-10,12,14-16H,1-7,11,13H2/t16-/m0/s1. The number of hydrogen-bond acceptors (Lipinski definition) is 4. The van der Waals surface area contributed by atoms with E-state index in [-0.39, 0.29) is 5.91 Å². The third-order valence-electron chi connectivity index (χ3n) is 5.61. The highest BCUT2D eigenvalue weighted by Gasteiger charge is 2.32. The summed E-state index contributed by atoms with van der Waals surface area (Å²) in [7, 11) is 0. The van der Waals surface area contributed by atoms with Crippen molar-refractivity contribution >= 4 is 5.91 Å². The molecule has 2 fully saturated rings. The van der Waals surface area contributed by atoms with E-state index in [0.29, 0.717) is 17.6 Å². The van der Waals surface area contributed by atoms with Crippen LogP contribution in [-0.2, 0) is 0 Å². The smallest absolute Gasteiger partial charge is 0.274 e. The molecule has 0 spiro atoms. The molecule has 3 heterocycles. The van der Waals surface area contributed by atoms with Crippen molar-refractivity contribution in [2.45, 2.75) is 57.4 Å². The van der Waals surface area contributed by atoms with E-state index in [2.05, 4.69) is 15.2 Å². The molecule has 0 N–H and O–H groups in total. The van der Waals surface area contributed by atoms with E-state index in [1.807, 2.05) is 17.2 Å². The van der Waals surface area contributed by atoms with Crippen LogP contribution in [0.15, 0.2) is 30.9 Å². The lowest BCUT2D eigenvalue weighted by atomic mass is 9.84. The predicted molar refractivity (Wildman–Crippen MR) is 94.4 cm³/mol. The van der Waals surface area contributed by atoms with Crippen LogP contribution in [0.2, 0.25) is 0 Å². The molecule has 1 aliphatic carbocycles. The maximum absolute atomic E-state index is 12.9. The zero-order valence-corrected chi connectivity index (χ0v) is 14.5. The van der Waals surface area contributed by atoms with Gasteiger partial charge in [-0.3, -0.25) is 9.36 Å². The van der Waals surface area contributed by atoms with Crippen LogP contribution >= 0.6 is 0 Å². The number of imidazole rings is 1. The summed E-state index contributed by atoms with van der Waals surface area (Å²) in [6, 6.07) is 3.99. The number of rotatable bonds is 4. The van der Waals surface area contributed by atoms with Crippen molar-refractivity contribution < 1.29 is 4.79 Å². The second-order valence-corrected chi connectivity index (χ2v) is 7.28. The Morgan fingerprint density at radius 2 is 1.96 bits per heavy atom. The van der Waals surface area contributed by atoms with Crippen molar-refractivity contribution in [2.24, 2.45) is 5.92 Å². The van der Waals surface area contributed by atoms with E-state index in [4.69, 9.17) is 0 Å². The molecule has 6 heteroatoms. The molecule has 1 amide bonds. The number of carbonyl (C=O) groups excluding carboxylic acids is 1. The normalized spacial score (nSPS) is 21.6. The lowest BCUT2D eigenvalue weighted by molar-refractivity contribution is 0.0704. The SMILES string of the molecule is O=C(c1ccc(-n2ccnc2)nn1)N1CCC[C@H]1CC1CCCCC1. The second-order valence-electron chi connectivity index (χ2n) is 7.28. The molecule has 2 aromatic rings. The fraction of sp³-hybridized carbons (Fsp3) is 0.579. The van der Waals surface area contributed by atoms with Crippen molar-refractivity contribution in [1.29, 1.82) is 0 Å². The van der Waals surface area contributed by atoms with Gasteiger partial charge in [0.1, 0.15) is 6.33 Å². The quantitative estimate of drug-likeness (QED) is 0.858. The van der Waals surface area contributed by atoms with Crippen molar-refractivity contribution in [3.05, 3.63) is 36.5 Å². The maximum atomic E-state index is 12.9. The van der Waals surface area contributed by atoms with E-state index in [9.17, 15) is 4.79 Å². The number of amides is 1. The average molecular weight is 339 g/mol. The molecular formula is C19H25N5O. The summed E-state index contributed by atoms with van der Waals surface area (Å²) < 4.78 is 1.78. The number of nitrogens with zero attached hydrogens (tertiary/aromatic N) is 5. The highest BCUT2D eigenvalue weighted by molar-refractivity contribution is 5.92. The highest BCUT2D eigenvalue weighted by Crippen LogP contribution is 2.32. The molecule has 1 aliphatic heterocycles. The maximum Gasteiger partial charge on any atom is 0.274 e. The van der Waals surface area contributed by atoms with Crippen molar-refractivity contribution in [3.8, 4) is 5.82 Å². The first kappa shape index (κ1) is 16.2. The molecule has 1 saturated heterocycles. The summed E-state index contributed by atoms with van der Waals surface area (Å²) in [5.41, 5.74) is 0.444. The first-order valence-electron chi connectivity index (χ1n) is 9.44. The summed E-state index contributed by atoms with van der Waals surface area (Å²) in [6.45, 7) is 0.848. The molecule has 132 valence electrons. The van der Waals surface area contributed by atoms with Gasteiger partial charge in [-0.2, -0.15) is 0 Å². The summed E-state index contributed by atoms with van der Waals surface area (Å²) in [5.74, 6) is 1.50. The molecule has 0 aromatic carbocycles. The first-order chi connectivity index (χ1) is 12.3. The molecule has 1 atom stereocenters. The molecule has 0 radical (unpaired) electrons. The summed E-state index contributed by atoms with van der Waals surface area (Å²) >= 11 is 0. The predicted octanol–water partition coefficient (Wildman–Crippen LogP) is 3.24. The molecule has 1 saturated carbocycles. The minimum atomic E-state index is 0.0305. The van der Waals surface area contributed by atoms with Crippen LogP contribution in [0.25, 0.3) is 5.82 Å². The Balaban J connectivity index is 1.43. The Morgan fingerprint density at radius 3 is 2.68 bits per heavy atom. The highest BCUT2D eigenvalue weighted by atomic mass is 16.2. The van der Waals surface area contributed by atoms with E-state index in [0.717, 1.165) is 31.7 Å². The minimum Gasteiger partial charge on any atom is -0.334 e. The molecule has 6 nitrogen and oxygen atoms in total. The van der Waals surface area contributed by atoms with Crippen LogP contribution < -0.4 is 0 Å². The van der Waals surface area contributed by atoms with E-state index in [1.54, 1.807) is 23.2 Å². The van der Waals surface area contributed by atoms with Crippen LogP contribution in [-0.4, -0.2) is 43.1 Å². The Bertz CT molecular complexity index is 691. The molecule has 0 bridgehead atoms. The molecule has 25 heavy (non-hydrogen) atoms.